The second-order valence-electron chi connectivity index (χ2n) is 6.41. The number of rotatable bonds is 10. The Kier molecular flexibility index (Phi) is 8.79. The van der Waals surface area contributed by atoms with Crippen molar-refractivity contribution in [1.82, 2.24) is 0 Å². The van der Waals surface area contributed by atoms with Gasteiger partial charge in [0.1, 0.15) is 6.10 Å². The minimum Gasteiger partial charge on any atom is -0.404 e. The summed E-state index contributed by atoms with van der Waals surface area (Å²) in [5, 5.41) is 0. The number of halogens is 3. The van der Waals surface area contributed by atoms with Crippen molar-refractivity contribution in [3.63, 3.8) is 0 Å². The lowest BCUT2D eigenvalue weighted by molar-refractivity contribution is -0.0432. The molecule has 3 nitrogen and oxygen atoms in total. The van der Waals surface area contributed by atoms with E-state index < -0.39 is 24.6 Å². The van der Waals surface area contributed by atoms with Crippen molar-refractivity contribution >= 4 is 12.6 Å². The van der Waals surface area contributed by atoms with Gasteiger partial charge in [0.2, 0.25) is 0 Å². The van der Waals surface area contributed by atoms with Crippen LogP contribution in [0, 0.1) is 17.5 Å². The number of benzene rings is 1. The molecule has 1 aliphatic rings. The Morgan fingerprint density at radius 1 is 0.960 bits per heavy atom. The van der Waals surface area contributed by atoms with Gasteiger partial charge in [-0.2, -0.15) is 0 Å². The van der Waals surface area contributed by atoms with Crippen LogP contribution >= 0.6 is 0 Å². The molecular formula is C18H26BF3O3. The molecule has 0 amide bonds. The predicted molar refractivity (Wildman–Crippen MR) is 91.3 cm³/mol. The maximum atomic E-state index is 13.3. The van der Waals surface area contributed by atoms with Crippen LogP contribution in [-0.4, -0.2) is 33.0 Å². The molecule has 7 heteroatoms. The molecule has 2 rings (SSSR count). The molecule has 1 fully saturated rings. The Hall–Kier alpha value is -1.05. The van der Waals surface area contributed by atoms with Crippen LogP contribution in [0.5, 0.6) is 0 Å². The molecule has 0 spiro atoms. The summed E-state index contributed by atoms with van der Waals surface area (Å²) in [7, 11) is -0.900. The largest absolute Gasteiger partial charge is 0.494 e. The molecule has 0 saturated carbocycles. The van der Waals surface area contributed by atoms with Crippen molar-refractivity contribution in [3.05, 3.63) is 29.6 Å². The first-order valence-electron chi connectivity index (χ1n) is 9.11. The first kappa shape index (κ1) is 20.3. The van der Waals surface area contributed by atoms with Crippen molar-refractivity contribution in [2.24, 2.45) is 0 Å². The minimum atomic E-state index is -1.49. The van der Waals surface area contributed by atoms with E-state index in [1.54, 1.807) is 0 Å². The van der Waals surface area contributed by atoms with Crippen LogP contribution < -0.4 is 5.46 Å². The van der Waals surface area contributed by atoms with Crippen LogP contribution in [0.25, 0.3) is 0 Å². The zero-order valence-electron chi connectivity index (χ0n) is 14.7. The fourth-order valence-electron chi connectivity index (χ4n) is 2.79. The third-order valence-electron chi connectivity index (χ3n) is 4.25. The summed E-state index contributed by atoms with van der Waals surface area (Å²) in [6.07, 6.45) is 8.31. The fourth-order valence-corrected chi connectivity index (χ4v) is 2.79. The van der Waals surface area contributed by atoms with E-state index in [1.165, 1.54) is 32.1 Å². The molecule has 1 heterocycles. The minimum absolute atomic E-state index is 0.127. The SMILES string of the molecule is CCCCCCCCCOC1COB(c2cc(F)c(F)c(F)c2)OC1. The molecular weight excluding hydrogens is 332 g/mol. The van der Waals surface area contributed by atoms with Crippen molar-refractivity contribution in [1.29, 1.82) is 0 Å². The van der Waals surface area contributed by atoms with Crippen LogP contribution in [0.1, 0.15) is 51.9 Å². The van der Waals surface area contributed by atoms with E-state index in [-0.39, 0.29) is 24.8 Å². The highest BCUT2D eigenvalue weighted by Crippen LogP contribution is 2.13. The maximum absolute atomic E-state index is 13.3. The summed E-state index contributed by atoms with van der Waals surface area (Å²) < 4.78 is 56.1. The Bertz CT molecular complexity index is 499. The molecule has 1 aromatic carbocycles. The zero-order valence-corrected chi connectivity index (χ0v) is 14.7. The van der Waals surface area contributed by atoms with Gasteiger partial charge in [-0.3, -0.25) is 0 Å². The van der Waals surface area contributed by atoms with Gasteiger partial charge in [-0.25, -0.2) is 13.2 Å². The number of unbranched alkanes of at least 4 members (excludes halogenated alkanes) is 6. The van der Waals surface area contributed by atoms with Gasteiger partial charge >= 0.3 is 7.12 Å². The first-order valence-corrected chi connectivity index (χ1v) is 9.11. The van der Waals surface area contributed by atoms with E-state index in [0.29, 0.717) is 6.61 Å². The summed E-state index contributed by atoms with van der Waals surface area (Å²) in [5.41, 5.74) is 0.127. The van der Waals surface area contributed by atoms with Gasteiger partial charge in [-0.1, -0.05) is 45.4 Å². The number of hydrogen-bond acceptors (Lipinski definition) is 3. The topological polar surface area (TPSA) is 27.7 Å². The molecule has 1 aromatic rings. The van der Waals surface area contributed by atoms with E-state index in [9.17, 15) is 13.2 Å². The Balaban J connectivity index is 1.62. The van der Waals surface area contributed by atoms with Crippen LogP contribution in [0.4, 0.5) is 13.2 Å². The molecule has 0 N–H and O–H groups in total. The molecule has 0 bridgehead atoms. The Morgan fingerprint density at radius 3 is 2.12 bits per heavy atom. The van der Waals surface area contributed by atoms with Gasteiger partial charge in [-0.05, 0) is 24.0 Å². The van der Waals surface area contributed by atoms with Crippen molar-refractivity contribution in [3.8, 4) is 0 Å². The van der Waals surface area contributed by atoms with Gasteiger partial charge in [0, 0.05) is 6.61 Å². The normalized spacial score (nSPS) is 15.8. The van der Waals surface area contributed by atoms with Crippen LogP contribution in [0.2, 0.25) is 0 Å². The quantitative estimate of drug-likeness (QED) is 0.360. The molecule has 1 saturated heterocycles. The summed E-state index contributed by atoms with van der Waals surface area (Å²) in [5.74, 6) is -3.99. The highest BCUT2D eigenvalue weighted by Gasteiger charge is 2.31. The fraction of sp³-hybridized carbons (Fsp3) is 0.667. The van der Waals surface area contributed by atoms with Gasteiger partial charge in [-0.15, -0.1) is 0 Å². The van der Waals surface area contributed by atoms with E-state index in [4.69, 9.17) is 14.0 Å². The first-order chi connectivity index (χ1) is 12.1. The molecule has 140 valence electrons. The summed E-state index contributed by atoms with van der Waals surface area (Å²) >= 11 is 0. The van der Waals surface area contributed by atoms with E-state index in [1.807, 2.05) is 0 Å². The van der Waals surface area contributed by atoms with E-state index >= 15 is 0 Å². The summed E-state index contributed by atoms with van der Waals surface area (Å²) in [4.78, 5) is 0. The van der Waals surface area contributed by atoms with E-state index in [2.05, 4.69) is 6.92 Å². The highest BCUT2D eigenvalue weighted by atomic mass is 19.2. The van der Waals surface area contributed by atoms with E-state index in [0.717, 1.165) is 25.0 Å². The van der Waals surface area contributed by atoms with Crippen LogP contribution in [0.15, 0.2) is 12.1 Å². The lowest BCUT2D eigenvalue weighted by Crippen LogP contribution is -2.47. The van der Waals surface area contributed by atoms with Crippen molar-refractivity contribution < 1.29 is 27.2 Å². The second-order valence-corrected chi connectivity index (χ2v) is 6.41. The van der Waals surface area contributed by atoms with Gasteiger partial charge in [0.15, 0.2) is 17.5 Å². The van der Waals surface area contributed by atoms with Crippen molar-refractivity contribution in [2.45, 2.75) is 58.0 Å². The second kappa shape index (κ2) is 10.8. The molecule has 25 heavy (non-hydrogen) atoms. The Labute approximate surface area is 148 Å². The summed E-state index contributed by atoms with van der Waals surface area (Å²) in [6, 6.07) is 1.78. The smallest absolute Gasteiger partial charge is 0.404 e. The number of ether oxygens (including phenoxy) is 1. The summed E-state index contributed by atoms with van der Waals surface area (Å²) in [6.45, 7) is 3.41. The number of hydrogen-bond donors (Lipinski definition) is 0. The molecule has 0 atom stereocenters. The molecule has 0 unspecified atom stereocenters. The molecule has 1 aliphatic heterocycles. The van der Waals surface area contributed by atoms with Gasteiger partial charge < -0.3 is 14.0 Å². The average Bonchev–Trinajstić information content (AvgIpc) is 2.62. The Morgan fingerprint density at radius 2 is 1.52 bits per heavy atom. The molecule has 0 radical (unpaired) electrons. The highest BCUT2D eigenvalue weighted by molar-refractivity contribution is 6.61. The molecule has 0 aromatic heterocycles. The lowest BCUT2D eigenvalue weighted by Gasteiger charge is -2.27. The standard InChI is InChI=1S/C18H26BF3O3/c1-2-3-4-5-6-7-8-9-23-15-12-24-19(25-13-15)14-10-16(20)18(22)17(21)11-14/h10-11,15H,2-9,12-13H2,1H3. The van der Waals surface area contributed by atoms with Crippen LogP contribution in [0.3, 0.4) is 0 Å². The average molecular weight is 358 g/mol. The maximum Gasteiger partial charge on any atom is 0.494 e. The third kappa shape index (κ3) is 6.64. The van der Waals surface area contributed by atoms with Gasteiger partial charge in [0.05, 0.1) is 13.2 Å². The van der Waals surface area contributed by atoms with Gasteiger partial charge in [0.25, 0.3) is 0 Å². The molecule has 0 aliphatic carbocycles. The van der Waals surface area contributed by atoms with Crippen LogP contribution in [-0.2, 0) is 14.0 Å². The van der Waals surface area contributed by atoms with Crippen molar-refractivity contribution in [2.75, 3.05) is 19.8 Å². The lowest BCUT2D eigenvalue weighted by atomic mass is 9.78. The monoisotopic (exact) mass is 358 g/mol. The zero-order chi connectivity index (χ0) is 18.1. The predicted octanol–water partition coefficient (Wildman–Crippen LogP) is 3.98. The third-order valence-corrected chi connectivity index (χ3v) is 4.25.